The summed E-state index contributed by atoms with van der Waals surface area (Å²) in [5, 5.41) is 6.02. The quantitative estimate of drug-likeness (QED) is 0.774. The predicted molar refractivity (Wildman–Crippen MR) is 69.2 cm³/mol. The summed E-state index contributed by atoms with van der Waals surface area (Å²) in [6, 6.07) is 2.18. The standard InChI is InChI=1S/C12H19N5O/c1-2-17(10-4-7-13-8-10)9-11(18)16-12-14-5-3-6-15-12/h3,5-6,10,13H,2,4,7-9H2,1H3,(H,14,15,16,18). The van der Waals surface area contributed by atoms with Crippen LogP contribution in [0, 0.1) is 0 Å². The van der Waals surface area contributed by atoms with Crippen LogP contribution in [0.5, 0.6) is 0 Å². The van der Waals surface area contributed by atoms with E-state index in [1.54, 1.807) is 18.5 Å². The lowest BCUT2D eigenvalue weighted by Crippen LogP contribution is -2.42. The number of hydrogen-bond donors (Lipinski definition) is 2. The molecule has 0 spiro atoms. The lowest BCUT2D eigenvalue weighted by Gasteiger charge is -2.25. The number of carbonyl (C=O) groups excluding carboxylic acids is 1. The molecule has 1 aliphatic heterocycles. The predicted octanol–water partition coefficient (Wildman–Crippen LogP) is 0.0989. The van der Waals surface area contributed by atoms with Crippen molar-refractivity contribution in [2.75, 3.05) is 31.5 Å². The van der Waals surface area contributed by atoms with Gasteiger partial charge in [-0.15, -0.1) is 0 Å². The first kappa shape index (κ1) is 12.9. The van der Waals surface area contributed by atoms with Crippen molar-refractivity contribution in [1.29, 1.82) is 0 Å². The summed E-state index contributed by atoms with van der Waals surface area (Å²) in [7, 11) is 0. The Morgan fingerprint density at radius 2 is 2.33 bits per heavy atom. The Bertz CT molecular complexity index is 377. The average molecular weight is 249 g/mol. The molecule has 0 radical (unpaired) electrons. The van der Waals surface area contributed by atoms with Crippen LogP contribution in [0.3, 0.4) is 0 Å². The van der Waals surface area contributed by atoms with Crippen LogP contribution in [0.2, 0.25) is 0 Å². The highest BCUT2D eigenvalue weighted by Gasteiger charge is 2.22. The summed E-state index contributed by atoms with van der Waals surface area (Å²) in [6.07, 6.45) is 4.32. The molecule has 0 aromatic carbocycles. The number of aromatic nitrogens is 2. The number of hydrogen-bond acceptors (Lipinski definition) is 5. The van der Waals surface area contributed by atoms with E-state index in [9.17, 15) is 4.79 Å². The first-order chi connectivity index (χ1) is 8.79. The Hall–Kier alpha value is -1.53. The highest BCUT2D eigenvalue weighted by Crippen LogP contribution is 2.08. The first-order valence-corrected chi connectivity index (χ1v) is 6.31. The highest BCUT2D eigenvalue weighted by atomic mass is 16.2. The second-order valence-corrected chi connectivity index (χ2v) is 4.33. The largest absolute Gasteiger partial charge is 0.315 e. The van der Waals surface area contributed by atoms with E-state index < -0.39 is 0 Å². The van der Waals surface area contributed by atoms with Gasteiger partial charge in [0.15, 0.2) is 0 Å². The molecule has 6 heteroatoms. The van der Waals surface area contributed by atoms with Gasteiger partial charge < -0.3 is 5.32 Å². The van der Waals surface area contributed by atoms with Gasteiger partial charge in [0.1, 0.15) is 0 Å². The van der Waals surface area contributed by atoms with Gasteiger partial charge in [-0.2, -0.15) is 0 Å². The maximum atomic E-state index is 11.9. The van der Waals surface area contributed by atoms with Crippen molar-refractivity contribution >= 4 is 11.9 Å². The minimum absolute atomic E-state index is 0.0602. The molecule has 1 aromatic rings. The van der Waals surface area contributed by atoms with E-state index in [0.29, 0.717) is 18.5 Å². The lowest BCUT2D eigenvalue weighted by atomic mass is 10.2. The lowest BCUT2D eigenvalue weighted by molar-refractivity contribution is -0.117. The Morgan fingerprint density at radius 3 is 2.94 bits per heavy atom. The van der Waals surface area contributed by atoms with Crippen molar-refractivity contribution in [2.24, 2.45) is 0 Å². The number of carbonyl (C=O) groups is 1. The Labute approximate surface area is 107 Å². The summed E-state index contributed by atoms with van der Waals surface area (Å²) in [4.78, 5) is 22.0. The molecule has 2 rings (SSSR count). The second kappa shape index (κ2) is 6.42. The van der Waals surface area contributed by atoms with Gasteiger partial charge in [-0.05, 0) is 25.6 Å². The third-order valence-corrected chi connectivity index (χ3v) is 3.12. The van der Waals surface area contributed by atoms with Gasteiger partial charge in [0, 0.05) is 25.0 Å². The van der Waals surface area contributed by atoms with Crippen LogP contribution in [-0.4, -0.2) is 53.0 Å². The number of anilines is 1. The molecular weight excluding hydrogens is 230 g/mol. The summed E-state index contributed by atoms with van der Waals surface area (Å²) < 4.78 is 0. The van der Waals surface area contributed by atoms with Crippen molar-refractivity contribution in [3.05, 3.63) is 18.5 Å². The van der Waals surface area contributed by atoms with Crippen LogP contribution in [-0.2, 0) is 4.79 Å². The Kier molecular flexibility index (Phi) is 4.60. The molecule has 0 saturated carbocycles. The fourth-order valence-corrected chi connectivity index (χ4v) is 2.16. The monoisotopic (exact) mass is 249 g/mol. The van der Waals surface area contributed by atoms with E-state index in [0.717, 1.165) is 26.1 Å². The van der Waals surface area contributed by atoms with Gasteiger partial charge in [0.2, 0.25) is 11.9 Å². The van der Waals surface area contributed by atoms with Crippen molar-refractivity contribution in [3.63, 3.8) is 0 Å². The van der Waals surface area contributed by atoms with Gasteiger partial charge in [-0.25, -0.2) is 9.97 Å². The molecule has 18 heavy (non-hydrogen) atoms. The summed E-state index contributed by atoms with van der Waals surface area (Å²) >= 11 is 0. The first-order valence-electron chi connectivity index (χ1n) is 6.31. The van der Waals surface area contributed by atoms with Gasteiger partial charge in [-0.1, -0.05) is 6.92 Å². The molecule has 1 fully saturated rings. The molecule has 1 aromatic heterocycles. The third kappa shape index (κ3) is 3.48. The molecule has 1 amide bonds. The van der Waals surface area contributed by atoms with Gasteiger partial charge in [0.25, 0.3) is 0 Å². The second-order valence-electron chi connectivity index (χ2n) is 4.33. The van der Waals surface area contributed by atoms with Gasteiger partial charge in [0.05, 0.1) is 6.54 Å². The van der Waals surface area contributed by atoms with E-state index in [1.807, 2.05) is 0 Å². The zero-order valence-corrected chi connectivity index (χ0v) is 10.6. The maximum absolute atomic E-state index is 11.9. The van der Waals surface area contributed by atoms with Crippen LogP contribution in [0.25, 0.3) is 0 Å². The minimum atomic E-state index is -0.0602. The maximum Gasteiger partial charge on any atom is 0.240 e. The minimum Gasteiger partial charge on any atom is -0.315 e. The molecule has 2 heterocycles. The normalized spacial score (nSPS) is 19.1. The zero-order chi connectivity index (χ0) is 12.8. The number of nitrogens with one attached hydrogen (secondary N) is 2. The average Bonchev–Trinajstić information content (AvgIpc) is 2.91. The molecule has 2 N–H and O–H groups in total. The van der Waals surface area contributed by atoms with Crippen LogP contribution in [0.4, 0.5) is 5.95 Å². The number of nitrogens with zero attached hydrogens (tertiary/aromatic N) is 3. The molecular formula is C12H19N5O. The van der Waals surface area contributed by atoms with Gasteiger partial charge in [-0.3, -0.25) is 15.0 Å². The molecule has 1 atom stereocenters. The molecule has 6 nitrogen and oxygen atoms in total. The fraction of sp³-hybridized carbons (Fsp3) is 0.583. The third-order valence-electron chi connectivity index (χ3n) is 3.12. The summed E-state index contributed by atoms with van der Waals surface area (Å²) in [5.74, 6) is 0.304. The topological polar surface area (TPSA) is 70.2 Å². The summed E-state index contributed by atoms with van der Waals surface area (Å²) in [6.45, 7) is 5.33. The van der Waals surface area contributed by atoms with E-state index in [2.05, 4.69) is 32.4 Å². The van der Waals surface area contributed by atoms with E-state index in [4.69, 9.17) is 0 Å². The number of amides is 1. The molecule has 1 saturated heterocycles. The zero-order valence-electron chi connectivity index (χ0n) is 10.6. The molecule has 0 aliphatic carbocycles. The van der Waals surface area contributed by atoms with Gasteiger partial charge >= 0.3 is 0 Å². The summed E-state index contributed by atoms with van der Waals surface area (Å²) in [5.41, 5.74) is 0. The Balaban J connectivity index is 1.85. The van der Waals surface area contributed by atoms with Crippen LogP contribution < -0.4 is 10.6 Å². The van der Waals surface area contributed by atoms with Crippen molar-refractivity contribution in [2.45, 2.75) is 19.4 Å². The molecule has 1 unspecified atom stereocenters. The van der Waals surface area contributed by atoms with Crippen LogP contribution in [0.15, 0.2) is 18.5 Å². The van der Waals surface area contributed by atoms with Crippen molar-refractivity contribution in [1.82, 2.24) is 20.2 Å². The number of rotatable bonds is 5. The fourth-order valence-electron chi connectivity index (χ4n) is 2.16. The van der Waals surface area contributed by atoms with Crippen LogP contribution in [0.1, 0.15) is 13.3 Å². The molecule has 1 aliphatic rings. The molecule has 98 valence electrons. The number of likely N-dealkylation sites (N-methyl/N-ethyl adjacent to an activating group) is 1. The Morgan fingerprint density at radius 1 is 1.56 bits per heavy atom. The van der Waals surface area contributed by atoms with Crippen LogP contribution >= 0.6 is 0 Å². The van der Waals surface area contributed by atoms with Crippen molar-refractivity contribution in [3.8, 4) is 0 Å². The molecule has 0 bridgehead atoms. The highest BCUT2D eigenvalue weighted by molar-refractivity contribution is 5.90. The SMILES string of the molecule is CCN(CC(=O)Nc1ncccn1)C1CCNC1. The van der Waals surface area contributed by atoms with Crippen molar-refractivity contribution < 1.29 is 4.79 Å². The smallest absolute Gasteiger partial charge is 0.240 e. The van der Waals surface area contributed by atoms with E-state index in [-0.39, 0.29) is 5.91 Å². The van der Waals surface area contributed by atoms with E-state index in [1.165, 1.54) is 0 Å². The van der Waals surface area contributed by atoms with E-state index >= 15 is 0 Å².